The molecule has 1 aromatic heterocycles. The molecule has 3 heterocycles. The van der Waals surface area contributed by atoms with Crippen molar-refractivity contribution in [3.63, 3.8) is 0 Å². The lowest BCUT2D eigenvalue weighted by Gasteiger charge is -2.17. The Morgan fingerprint density at radius 1 is 1.00 bits per heavy atom. The molecule has 1 atom stereocenters. The van der Waals surface area contributed by atoms with Crippen LogP contribution in [0.1, 0.15) is 54.5 Å². The second kappa shape index (κ2) is 9.67. The highest BCUT2D eigenvalue weighted by Gasteiger charge is 2.38. The van der Waals surface area contributed by atoms with E-state index in [9.17, 15) is 19.2 Å². The van der Waals surface area contributed by atoms with Crippen LogP contribution in [0.4, 0.5) is 11.4 Å². The second-order valence-electron chi connectivity index (χ2n) is 8.41. The van der Waals surface area contributed by atoms with Crippen LogP contribution < -0.4 is 15.4 Å². The van der Waals surface area contributed by atoms with Crippen LogP contribution in [0.25, 0.3) is 0 Å². The molecule has 3 aromatic rings. The minimum absolute atomic E-state index is 0.109. The van der Waals surface area contributed by atoms with E-state index in [4.69, 9.17) is 13.9 Å². The van der Waals surface area contributed by atoms with Gasteiger partial charge in [0.2, 0.25) is 0 Å². The molecule has 10 heteroatoms. The molecule has 1 saturated heterocycles. The number of anilines is 2. The molecule has 184 valence electrons. The van der Waals surface area contributed by atoms with Gasteiger partial charge in [-0.1, -0.05) is 0 Å². The number of carbonyl (C=O) groups excluding carboxylic acids is 4. The minimum atomic E-state index is -0.530. The first-order valence-electron chi connectivity index (χ1n) is 11.4. The summed E-state index contributed by atoms with van der Waals surface area (Å²) in [4.78, 5) is 52.5. The summed E-state index contributed by atoms with van der Waals surface area (Å²) in [6, 6.07) is 12.2. The zero-order valence-electron chi connectivity index (χ0n) is 19.4. The van der Waals surface area contributed by atoms with Gasteiger partial charge in [-0.05, 0) is 55.3 Å². The fraction of sp³-hybridized carbons (Fsp3) is 0.231. The van der Waals surface area contributed by atoms with Crippen LogP contribution in [-0.2, 0) is 4.74 Å². The van der Waals surface area contributed by atoms with Gasteiger partial charge >= 0.3 is 0 Å². The largest absolute Gasteiger partial charge is 0.497 e. The van der Waals surface area contributed by atoms with Crippen LogP contribution in [0.3, 0.4) is 0 Å². The zero-order chi connectivity index (χ0) is 25.2. The highest BCUT2D eigenvalue weighted by Crippen LogP contribution is 2.30. The molecular formula is C26H23N3O7. The Labute approximate surface area is 206 Å². The monoisotopic (exact) mass is 489 g/mol. The number of amides is 4. The van der Waals surface area contributed by atoms with Gasteiger partial charge in [0.05, 0.1) is 48.5 Å². The van der Waals surface area contributed by atoms with Gasteiger partial charge in [-0.2, -0.15) is 0 Å². The van der Waals surface area contributed by atoms with E-state index in [0.717, 1.165) is 12.8 Å². The number of imide groups is 1. The van der Waals surface area contributed by atoms with Crippen LogP contribution in [0.15, 0.2) is 59.2 Å². The van der Waals surface area contributed by atoms with Gasteiger partial charge in [0.1, 0.15) is 5.75 Å². The van der Waals surface area contributed by atoms with Gasteiger partial charge in [0.15, 0.2) is 5.76 Å². The summed E-state index contributed by atoms with van der Waals surface area (Å²) in [5.41, 5.74) is 1.20. The van der Waals surface area contributed by atoms with Crippen LogP contribution in [0.5, 0.6) is 5.75 Å². The van der Waals surface area contributed by atoms with E-state index in [2.05, 4.69) is 10.6 Å². The molecule has 0 spiro atoms. The molecule has 5 rings (SSSR count). The lowest BCUT2D eigenvalue weighted by molar-refractivity contribution is 0.0475. The van der Waals surface area contributed by atoms with Crippen LogP contribution >= 0.6 is 0 Å². The lowest BCUT2D eigenvalue weighted by Crippen LogP contribution is -2.36. The van der Waals surface area contributed by atoms with Crippen molar-refractivity contribution in [3.8, 4) is 5.75 Å². The molecule has 4 amide bonds. The Morgan fingerprint density at radius 2 is 1.81 bits per heavy atom. The number of nitrogens with one attached hydrogen (secondary N) is 2. The third kappa shape index (κ3) is 4.46. The normalized spacial score (nSPS) is 16.7. The Hall–Kier alpha value is -4.44. The maximum Gasteiger partial charge on any atom is 0.291 e. The van der Waals surface area contributed by atoms with Crippen molar-refractivity contribution in [1.29, 1.82) is 0 Å². The number of ether oxygens (including phenoxy) is 2. The molecule has 2 aliphatic heterocycles. The number of hydrogen-bond donors (Lipinski definition) is 2. The molecular weight excluding hydrogens is 466 g/mol. The Balaban J connectivity index is 1.36. The molecule has 0 bridgehead atoms. The first-order chi connectivity index (χ1) is 17.4. The number of hydrogen-bond acceptors (Lipinski definition) is 7. The van der Waals surface area contributed by atoms with E-state index in [-0.39, 0.29) is 40.8 Å². The fourth-order valence-corrected chi connectivity index (χ4v) is 4.24. The number of methoxy groups -OCH3 is 1. The minimum Gasteiger partial charge on any atom is -0.497 e. The molecule has 2 N–H and O–H groups in total. The third-order valence-corrected chi connectivity index (χ3v) is 6.11. The molecule has 0 radical (unpaired) electrons. The Morgan fingerprint density at radius 3 is 2.53 bits per heavy atom. The van der Waals surface area contributed by atoms with Gasteiger partial charge in [0, 0.05) is 18.2 Å². The molecule has 0 saturated carbocycles. The maximum absolute atomic E-state index is 13.1. The van der Waals surface area contributed by atoms with Gasteiger partial charge in [0.25, 0.3) is 23.6 Å². The second-order valence-corrected chi connectivity index (χ2v) is 8.41. The number of furan rings is 1. The number of nitrogens with zero attached hydrogens (tertiary/aromatic N) is 1. The molecule has 2 aliphatic rings. The smallest absolute Gasteiger partial charge is 0.291 e. The summed E-state index contributed by atoms with van der Waals surface area (Å²) in [6.07, 6.45) is 2.90. The van der Waals surface area contributed by atoms with E-state index in [0.29, 0.717) is 18.0 Å². The van der Waals surface area contributed by atoms with E-state index in [1.165, 1.54) is 42.5 Å². The number of rotatable bonds is 7. The van der Waals surface area contributed by atoms with Gasteiger partial charge in [-0.3, -0.25) is 24.1 Å². The molecule has 36 heavy (non-hydrogen) atoms. The summed E-state index contributed by atoms with van der Waals surface area (Å²) >= 11 is 0. The SMILES string of the molecule is COc1ccc(NC(=O)c2ccco2)c(NC(=O)c2ccc3c(c2)C(=O)N(CC2CCCO2)C3=O)c1. The van der Waals surface area contributed by atoms with Gasteiger partial charge in [-0.25, -0.2) is 0 Å². The molecule has 10 nitrogen and oxygen atoms in total. The predicted octanol–water partition coefficient (Wildman–Crippen LogP) is 3.57. The van der Waals surface area contributed by atoms with E-state index in [1.807, 2.05) is 0 Å². The maximum atomic E-state index is 13.1. The van der Waals surface area contributed by atoms with Crippen LogP contribution in [0, 0.1) is 0 Å². The van der Waals surface area contributed by atoms with Gasteiger partial charge < -0.3 is 24.5 Å². The molecule has 1 unspecified atom stereocenters. The van der Waals surface area contributed by atoms with Crippen molar-refractivity contribution in [2.75, 3.05) is 30.9 Å². The predicted molar refractivity (Wildman–Crippen MR) is 128 cm³/mol. The summed E-state index contributed by atoms with van der Waals surface area (Å²) in [5, 5.41) is 5.44. The summed E-state index contributed by atoms with van der Waals surface area (Å²) in [6.45, 7) is 0.808. The quantitative estimate of drug-likeness (QED) is 0.486. The summed E-state index contributed by atoms with van der Waals surface area (Å²) in [5.74, 6) is -1.30. The van der Waals surface area contributed by atoms with Crippen molar-refractivity contribution >= 4 is 35.0 Å². The standard InChI is InChI=1S/C26H23N3O7/c1-34-16-7-9-20(27-24(31)22-5-3-11-36-22)21(13-16)28-23(30)15-6-8-18-19(12-15)26(33)29(25(18)32)14-17-4-2-10-35-17/h3,5-9,11-13,17H,2,4,10,14H2,1H3,(H,27,31)(H,28,30). The van der Waals surface area contributed by atoms with Crippen molar-refractivity contribution in [1.82, 2.24) is 4.90 Å². The molecule has 2 aromatic carbocycles. The highest BCUT2D eigenvalue weighted by molar-refractivity contribution is 6.22. The number of carbonyl (C=O) groups is 4. The van der Waals surface area contributed by atoms with Crippen molar-refractivity contribution < 1.29 is 33.1 Å². The van der Waals surface area contributed by atoms with E-state index >= 15 is 0 Å². The van der Waals surface area contributed by atoms with Gasteiger partial charge in [-0.15, -0.1) is 0 Å². The van der Waals surface area contributed by atoms with Crippen molar-refractivity contribution in [3.05, 3.63) is 77.2 Å². The fourth-order valence-electron chi connectivity index (χ4n) is 4.24. The summed E-state index contributed by atoms with van der Waals surface area (Å²) in [7, 11) is 1.48. The molecule has 0 aliphatic carbocycles. The summed E-state index contributed by atoms with van der Waals surface area (Å²) < 4.78 is 15.9. The average Bonchev–Trinajstić information content (AvgIpc) is 3.65. The average molecular weight is 489 g/mol. The Kier molecular flexibility index (Phi) is 6.26. The van der Waals surface area contributed by atoms with E-state index < -0.39 is 23.6 Å². The first-order valence-corrected chi connectivity index (χ1v) is 11.4. The van der Waals surface area contributed by atoms with Crippen LogP contribution in [-0.4, -0.2) is 54.9 Å². The lowest BCUT2D eigenvalue weighted by atomic mass is 10.1. The number of benzene rings is 2. The number of fused-ring (bicyclic) bond motifs is 1. The first kappa shape index (κ1) is 23.3. The van der Waals surface area contributed by atoms with Crippen LogP contribution in [0.2, 0.25) is 0 Å². The van der Waals surface area contributed by atoms with E-state index in [1.54, 1.807) is 24.3 Å². The Bertz CT molecular complexity index is 1340. The highest BCUT2D eigenvalue weighted by atomic mass is 16.5. The van der Waals surface area contributed by atoms with Crippen molar-refractivity contribution in [2.24, 2.45) is 0 Å². The topological polar surface area (TPSA) is 127 Å². The zero-order valence-corrected chi connectivity index (χ0v) is 19.4. The molecule has 1 fully saturated rings. The third-order valence-electron chi connectivity index (χ3n) is 6.11. The van der Waals surface area contributed by atoms with Crippen molar-refractivity contribution in [2.45, 2.75) is 18.9 Å².